The third-order valence-electron chi connectivity index (χ3n) is 5.44. The zero-order chi connectivity index (χ0) is 23.2. The van der Waals surface area contributed by atoms with Gasteiger partial charge in [-0.25, -0.2) is 4.98 Å². The van der Waals surface area contributed by atoms with Gasteiger partial charge in [-0.05, 0) is 36.8 Å². The van der Waals surface area contributed by atoms with Crippen LogP contribution in [0.5, 0.6) is 11.5 Å². The van der Waals surface area contributed by atoms with E-state index >= 15 is 0 Å². The van der Waals surface area contributed by atoms with Crippen LogP contribution in [0.1, 0.15) is 45.8 Å². The minimum absolute atomic E-state index is 0.180. The molecule has 1 amide bonds. The second-order valence-electron chi connectivity index (χ2n) is 7.53. The summed E-state index contributed by atoms with van der Waals surface area (Å²) in [4.78, 5) is 20.3. The number of benzene rings is 3. The summed E-state index contributed by atoms with van der Waals surface area (Å²) in [6, 6.07) is 23.0. The molecular weight excluding hydrogens is 414 g/mol. The molecule has 0 bridgehead atoms. The Morgan fingerprint density at radius 3 is 2.06 bits per heavy atom. The maximum atomic E-state index is 13.0. The minimum atomic E-state index is -0.247. The number of rotatable bonds is 8. The van der Waals surface area contributed by atoms with Gasteiger partial charge >= 0.3 is 0 Å². The van der Waals surface area contributed by atoms with Crippen molar-refractivity contribution in [3.63, 3.8) is 0 Å². The van der Waals surface area contributed by atoms with Gasteiger partial charge in [0.15, 0.2) is 0 Å². The van der Waals surface area contributed by atoms with Crippen LogP contribution in [0.15, 0.2) is 85.2 Å². The number of amides is 1. The van der Waals surface area contributed by atoms with Crippen LogP contribution in [0.2, 0.25) is 0 Å². The van der Waals surface area contributed by atoms with Crippen molar-refractivity contribution in [2.45, 2.75) is 13.0 Å². The molecule has 4 rings (SSSR count). The predicted octanol–water partition coefficient (Wildman–Crippen LogP) is 4.94. The summed E-state index contributed by atoms with van der Waals surface area (Å²) in [5.41, 5.74) is 3.24. The molecule has 0 aliphatic heterocycles. The Bertz CT molecular complexity index is 1170. The number of H-pyrrole nitrogens is 1. The minimum Gasteiger partial charge on any atom is -0.496 e. The average molecular weight is 441 g/mol. The van der Waals surface area contributed by atoms with Crippen molar-refractivity contribution in [2.75, 3.05) is 14.2 Å². The van der Waals surface area contributed by atoms with Crippen LogP contribution in [-0.2, 0) is 0 Å². The number of nitrogens with zero attached hydrogens (tertiary/aromatic N) is 1. The van der Waals surface area contributed by atoms with Gasteiger partial charge < -0.3 is 19.8 Å². The number of hydrogen-bond acceptors (Lipinski definition) is 4. The number of aromatic nitrogens is 2. The maximum Gasteiger partial charge on any atom is 0.251 e. The van der Waals surface area contributed by atoms with E-state index in [1.807, 2.05) is 73.7 Å². The highest BCUT2D eigenvalue weighted by atomic mass is 16.5. The van der Waals surface area contributed by atoms with E-state index in [1.165, 1.54) is 0 Å². The number of methoxy groups -OCH3 is 2. The third kappa shape index (κ3) is 4.75. The van der Waals surface area contributed by atoms with E-state index in [0.717, 1.165) is 34.1 Å². The summed E-state index contributed by atoms with van der Waals surface area (Å²) in [6.07, 6.45) is 3.40. The molecule has 0 saturated heterocycles. The Kier molecular flexibility index (Phi) is 6.74. The van der Waals surface area contributed by atoms with Gasteiger partial charge in [-0.2, -0.15) is 0 Å². The maximum absolute atomic E-state index is 13.0. The molecule has 1 atom stereocenters. The first-order chi connectivity index (χ1) is 16.1. The number of hydrogen-bond donors (Lipinski definition) is 2. The van der Waals surface area contributed by atoms with Crippen LogP contribution >= 0.6 is 0 Å². The van der Waals surface area contributed by atoms with E-state index < -0.39 is 0 Å². The van der Waals surface area contributed by atoms with Crippen LogP contribution in [0.4, 0.5) is 0 Å². The second kappa shape index (κ2) is 10.0. The van der Waals surface area contributed by atoms with Crippen molar-refractivity contribution in [1.29, 1.82) is 0 Å². The Hall–Kier alpha value is -4.06. The van der Waals surface area contributed by atoms with Crippen molar-refractivity contribution < 1.29 is 14.3 Å². The number of carbonyl (C=O) groups excluding carboxylic acids is 1. The highest BCUT2D eigenvalue weighted by Gasteiger charge is 2.25. The Morgan fingerprint density at radius 1 is 0.879 bits per heavy atom. The number of imidazole rings is 1. The van der Waals surface area contributed by atoms with Gasteiger partial charge in [0, 0.05) is 29.1 Å². The zero-order valence-electron chi connectivity index (χ0n) is 18.8. The molecule has 1 aromatic heterocycles. The molecule has 1 radical (unpaired) electrons. The average Bonchev–Trinajstić information content (AvgIpc) is 3.40. The molecular formula is C27H26N3O3. The summed E-state index contributed by atoms with van der Waals surface area (Å²) in [7, 11) is 3.30. The number of para-hydroxylation sites is 2. The van der Waals surface area contributed by atoms with Crippen molar-refractivity contribution in [3.05, 3.63) is 119 Å². The van der Waals surface area contributed by atoms with Gasteiger partial charge in [0.25, 0.3) is 5.91 Å². The van der Waals surface area contributed by atoms with Gasteiger partial charge in [-0.3, -0.25) is 4.79 Å². The van der Waals surface area contributed by atoms with E-state index in [2.05, 4.69) is 15.3 Å². The van der Waals surface area contributed by atoms with Crippen LogP contribution < -0.4 is 14.8 Å². The molecule has 6 nitrogen and oxygen atoms in total. The topological polar surface area (TPSA) is 76.2 Å². The smallest absolute Gasteiger partial charge is 0.251 e. The lowest BCUT2D eigenvalue weighted by Gasteiger charge is -2.22. The zero-order valence-corrected chi connectivity index (χ0v) is 18.8. The SMILES string of the molecule is COc1ccccc1[C](c1cccc(C(=O)NC(C)c2ncc[nH]2)c1)c1ccccc1OC. The van der Waals surface area contributed by atoms with Crippen LogP contribution in [0.3, 0.4) is 0 Å². The fourth-order valence-corrected chi connectivity index (χ4v) is 3.84. The highest BCUT2D eigenvalue weighted by Crippen LogP contribution is 2.40. The first-order valence-electron chi connectivity index (χ1n) is 10.7. The predicted molar refractivity (Wildman–Crippen MR) is 127 cm³/mol. The quantitative estimate of drug-likeness (QED) is 0.381. The molecule has 0 fully saturated rings. The fourth-order valence-electron chi connectivity index (χ4n) is 3.84. The van der Waals surface area contributed by atoms with Crippen LogP contribution in [0, 0.1) is 5.92 Å². The Balaban J connectivity index is 1.76. The lowest BCUT2D eigenvalue weighted by molar-refractivity contribution is 0.0938. The molecule has 3 aromatic carbocycles. The summed E-state index contributed by atoms with van der Waals surface area (Å²) in [5.74, 6) is 2.91. The summed E-state index contributed by atoms with van der Waals surface area (Å²) >= 11 is 0. The summed E-state index contributed by atoms with van der Waals surface area (Å²) in [6.45, 7) is 1.89. The number of aromatic amines is 1. The molecule has 4 aromatic rings. The van der Waals surface area contributed by atoms with Crippen molar-refractivity contribution >= 4 is 5.91 Å². The van der Waals surface area contributed by atoms with Gasteiger partial charge in [0.2, 0.25) is 0 Å². The van der Waals surface area contributed by atoms with Crippen molar-refractivity contribution in [2.24, 2.45) is 0 Å². The molecule has 0 saturated carbocycles. The van der Waals surface area contributed by atoms with E-state index in [-0.39, 0.29) is 11.9 Å². The molecule has 0 spiro atoms. The lowest BCUT2D eigenvalue weighted by atomic mass is 9.83. The Morgan fingerprint density at radius 2 is 1.48 bits per heavy atom. The largest absolute Gasteiger partial charge is 0.496 e. The molecule has 6 heteroatoms. The highest BCUT2D eigenvalue weighted by molar-refractivity contribution is 5.95. The fraction of sp³-hybridized carbons (Fsp3) is 0.148. The van der Waals surface area contributed by atoms with E-state index in [0.29, 0.717) is 11.4 Å². The van der Waals surface area contributed by atoms with E-state index in [1.54, 1.807) is 32.7 Å². The monoisotopic (exact) mass is 440 g/mol. The molecule has 1 heterocycles. The normalized spacial score (nSPS) is 11.8. The van der Waals surface area contributed by atoms with Gasteiger partial charge in [-0.1, -0.05) is 48.5 Å². The van der Waals surface area contributed by atoms with Crippen molar-refractivity contribution in [1.82, 2.24) is 15.3 Å². The van der Waals surface area contributed by atoms with Gasteiger partial charge in [0.05, 0.1) is 26.2 Å². The first-order valence-corrected chi connectivity index (χ1v) is 10.7. The van der Waals surface area contributed by atoms with Gasteiger partial charge in [-0.15, -0.1) is 0 Å². The number of carbonyl (C=O) groups is 1. The second-order valence-corrected chi connectivity index (χ2v) is 7.53. The summed E-state index contributed by atoms with van der Waals surface area (Å²) < 4.78 is 11.3. The summed E-state index contributed by atoms with van der Waals surface area (Å²) in [5, 5.41) is 3.00. The van der Waals surface area contributed by atoms with Crippen LogP contribution in [-0.4, -0.2) is 30.1 Å². The van der Waals surface area contributed by atoms with Crippen molar-refractivity contribution in [3.8, 4) is 11.5 Å². The third-order valence-corrected chi connectivity index (χ3v) is 5.44. The Labute approximate surface area is 193 Å². The lowest BCUT2D eigenvalue weighted by Crippen LogP contribution is -2.27. The standard InChI is InChI=1S/C27H26N3O3/c1-18(26-28-15-16-29-26)30-27(31)20-10-8-9-19(17-20)25(21-11-4-6-13-23(21)32-2)22-12-5-7-14-24(22)33-3/h4-18H,1-3H3,(H,28,29)(H,30,31). The van der Waals surface area contributed by atoms with E-state index in [4.69, 9.17) is 9.47 Å². The van der Waals surface area contributed by atoms with E-state index in [9.17, 15) is 4.79 Å². The molecule has 0 aliphatic carbocycles. The van der Waals surface area contributed by atoms with Gasteiger partial charge in [0.1, 0.15) is 17.3 Å². The molecule has 0 aliphatic rings. The molecule has 167 valence electrons. The molecule has 2 N–H and O–H groups in total. The molecule has 1 unspecified atom stereocenters. The number of ether oxygens (including phenoxy) is 2. The molecule has 33 heavy (non-hydrogen) atoms. The first kappa shape index (κ1) is 22.1. The van der Waals surface area contributed by atoms with Crippen LogP contribution in [0.25, 0.3) is 0 Å². The number of nitrogens with one attached hydrogen (secondary N) is 2.